The van der Waals surface area contributed by atoms with Crippen molar-refractivity contribution < 1.29 is 18.3 Å². The number of ether oxygens (including phenoxy) is 1. The van der Waals surface area contributed by atoms with E-state index in [1.54, 1.807) is 0 Å². The quantitative estimate of drug-likeness (QED) is 0.618. The highest BCUT2D eigenvalue weighted by Gasteiger charge is 2.28. The van der Waals surface area contributed by atoms with Crippen LogP contribution >= 0.6 is 15.9 Å². The standard InChI is InChI=1S/C12H11BrF2O2/c13-7-4-5-8(14)10(11(7)15)12(16)9-3-1-2-6-17-9/h4-5,9H,1-3,6H2. The molecule has 0 bridgehead atoms. The number of hydrogen-bond donors (Lipinski definition) is 0. The minimum Gasteiger partial charge on any atom is -0.370 e. The number of ketones is 1. The van der Waals surface area contributed by atoms with Crippen molar-refractivity contribution in [2.45, 2.75) is 25.4 Å². The van der Waals surface area contributed by atoms with Crippen LogP contribution in [0.15, 0.2) is 16.6 Å². The van der Waals surface area contributed by atoms with Crippen LogP contribution in [0, 0.1) is 11.6 Å². The van der Waals surface area contributed by atoms with E-state index in [9.17, 15) is 13.6 Å². The fourth-order valence-corrected chi connectivity index (χ4v) is 2.19. The number of carbonyl (C=O) groups excluding carboxylic acids is 1. The molecule has 0 aliphatic carbocycles. The van der Waals surface area contributed by atoms with E-state index in [1.165, 1.54) is 6.07 Å². The van der Waals surface area contributed by atoms with E-state index in [0.717, 1.165) is 18.9 Å². The summed E-state index contributed by atoms with van der Waals surface area (Å²) in [5.74, 6) is -2.31. The first kappa shape index (κ1) is 12.6. The number of halogens is 3. The molecule has 0 amide bonds. The van der Waals surface area contributed by atoms with Crippen molar-refractivity contribution in [2.24, 2.45) is 0 Å². The molecule has 1 heterocycles. The molecule has 1 aromatic rings. The molecule has 0 saturated carbocycles. The molecule has 1 atom stereocenters. The second-order valence-electron chi connectivity index (χ2n) is 3.94. The molecule has 1 saturated heterocycles. The van der Waals surface area contributed by atoms with Crippen LogP contribution in [0.4, 0.5) is 8.78 Å². The van der Waals surface area contributed by atoms with Gasteiger partial charge in [0.15, 0.2) is 11.6 Å². The molecule has 1 unspecified atom stereocenters. The average molecular weight is 305 g/mol. The molecule has 1 aromatic carbocycles. The van der Waals surface area contributed by atoms with E-state index >= 15 is 0 Å². The third-order valence-electron chi connectivity index (χ3n) is 2.76. The van der Waals surface area contributed by atoms with Crippen LogP contribution in [-0.2, 0) is 4.74 Å². The third kappa shape index (κ3) is 2.55. The van der Waals surface area contributed by atoms with E-state index in [-0.39, 0.29) is 4.47 Å². The van der Waals surface area contributed by atoms with Crippen molar-refractivity contribution in [1.29, 1.82) is 0 Å². The van der Waals surface area contributed by atoms with Crippen LogP contribution in [0.25, 0.3) is 0 Å². The molecule has 0 radical (unpaired) electrons. The highest BCUT2D eigenvalue weighted by Crippen LogP contribution is 2.25. The van der Waals surface area contributed by atoms with Crippen LogP contribution in [0.3, 0.4) is 0 Å². The van der Waals surface area contributed by atoms with E-state index in [4.69, 9.17) is 4.74 Å². The Kier molecular flexibility index (Phi) is 3.89. The van der Waals surface area contributed by atoms with Gasteiger partial charge < -0.3 is 4.74 Å². The second kappa shape index (κ2) is 5.23. The lowest BCUT2D eigenvalue weighted by atomic mass is 9.99. The number of benzene rings is 1. The fourth-order valence-electron chi connectivity index (χ4n) is 1.86. The Morgan fingerprint density at radius 3 is 2.76 bits per heavy atom. The van der Waals surface area contributed by atoms with Gasteiger partial charge in [0.05, 0.1) is 10.0 Å². The smallest absolute Gasteiger partial charge is 0.197 e. The molecular formula is C12H11BrF2O2. The molecule has 0 aromatic heterocycles. The van der Waals surface area contributed by atoms with E-state index in [0.29, 0.717) is 13.0 Å². The second-order valence-corrected chi connectivity index (χ2v) is 4.79. The van der Waals surface area contributed by atoms with E-state index in [1.807, 2.05) is 0 Å². The number of Topliss-reactive ketones (excluding diaryl/α,β-unsaturated/α-hetero) is 1. The number of hydrogen-bond acceptors (Lipinski definition) is 2. The zero-order valence-corrected chi connectivity index (χ0v) is 10.6. The van der Waals surface area contributed by atoms with Gasteiger partial charge in [0.25, 0.3) is 0 Å². The van der Waals surface area contributed by atoms with Gasteiger partial charge in [-0.15, -0.1) is 0 Å². The summed E-state index contributed by atoms with van der Waals surface area (Å²) in [6, 6.07) is 2.31. The molecule has 92 valence electrons. The van der Waals surface area contributed by atoms with Crippen LogP contribution in [-0.4, -0.2) is 18.5 Å². The topological polar surface area (TPSA) is 26.3 Å². The third-order valence-corrected chi connectivity index (χ3v) is 3.37. The van der Waals surface area contributed by atoms with Gasteiger partial charge in [0, 0.05) is 6.61 Å². The highest BCUT2D eigenvalue weighted by atomic mass is 79.9. The summed E-state index contributed by atoms with van der Waals surface area (Å²) in [6.45, 7) is 0.466. The van der Waals surface area contributed by atoms with Crippen LogP contribution in [0.2, 0.25) is 0 Å². The molecule has 0 spiro atoms. The molecule has 0 N–H and O–H groups in total. The Morgan fingerprint density at radius 2 is 2.12 bits per heavy atom. The van der Waals surface area contributed by atoms with Crippen molar-refractivity contribution in [1.82, 2.24) is 0 Å². The fraction of sp³-hybridized carbons (Fsp3) is 0.417. The Balaban J connectivity index is 2.32. The van der Waals surface area contributed by atoms with E-state index < -0.39 is 29.1 Å². The van der Waals surface area contributed by atoms with Crippen molar-refractivity contribution in [3.63, 3.8) is 0 Å². The minimum absolute atomic E-state index is 0.0815. The molecular weight excluding hydrogens is 294 g/mol. The Bertz CT molecular complexity index is 442. The Hall–Kier alpha value is -0.810. The molecule has 1 aliphatic rings. The van der Waals surface area contributed by atoms with Crippen molar-refractivity contribution in [3.8, 4) is 0 Å². The normalized spacial score (nSPS) is 20.3. The minimum atomic E-state index is -0.857. The lowest BCUT2D eigenvalue weighted by molar-refractivity contribution is 0.0180. The maximum atomic E-state index is 13.7. The SMILES string of the molecule is O=C(c1c(F)ccc(Br)c1F)C1CCCCO1. The maximum Gasteiger partial charge on any atom is 0.197 e. The summed E-state index contributed by atoms with van der Waals surface area (Å²) in [7, 11) is 0. The van der Waals surface area contributed by atoms with Gasteiger partial charge in [-0.05, 0) is 47.3 Å². The first-order chi connectivity index (χ1) is 8.11. The lowest BCUT2D eigenvalue weighted by Crippen LogP contribution is -2.29. The molecule has 1 fully saturated rings. The van der Waals surface area contributed by atoms with Gasteiger partial charge in [0.2, 0.25) is 0 Å². The predicted molar refractivity (Wildman–Crippen MR) is 62.0 cm³/mol. The molecule has 17 heavy (non-hydrogen) atoms. The molecule has 1 aliphatic heterocycles. The number of rotatable bonds is 2. The first-order valence-electron chi connectivity index (χ1n) is 5.40. The van der Waals surface area contributed by atoms with Crippen LogP contribution < -0.4 is 0 Å². The van der Waals surface area contributed by atoms with Crippen molar-refractivity contribution in [3.05, 3.63) is 33.8 Å². The Morgan fingerprint density at radius 1 is 1.35 bits per heavy atom. The van der Waals surface area contributed by atoms with Gasteiger partial charge in [0.1, 0.15) is 11.9 Å². The van der Waals surface area contributed by atoms with E-state index in [2.05, 4.69) is 15.9 Å². The largest absolute Gasteiger partial charge is 0.370 e. The lowest BCUT2D eigenvalue weighted by Gasteiger charge is -2.21. The van der Waals surface area contributed by atoms with Gasteiger partial charge in [-0.25, -0.2) is 8.78 Å². The van der Waals surface area contributed by atoms with Crippen LogP contribution in [0.1, 0.15) is 29.6 Å². The Labute approximate surface area is 106 Å². The molecule has 2 nitrogen and oxygen atoms in total. The van der Waals surface area contributed by atoms with Gasteiger partial charge >= 0.3 is 0 Å². The van der Waals surface area contributed by atoms with Gasteiger partial charge in [-0.1, -0.05) is 0 Å². The number of carbonyl (C=O) groups is 1. The summed E-state index contributed by atoms with van der Waals surface area (Å²) in [6.07, 6.45) is 1.52. The summed E-state index contributed by atoms with van der Waals surface area (Å²) >= 11 is 2.94. The average Bonchev–Trinajstić information content (AvgIpc) is 2.35. The van der Waals surface area contributed by atoms with Gasteiger partial charge in [-0.2, -0.15) is 0 Å². The van der Waals surface area contributed by atoms with Crippen LogP contribution in [0.5, 0.6) is 0 Å². The summed E-state index contributed by atoms with van der Waals surface area (Å²) < 4.78 is 32.5. The van der Waals surface area contributed by atoms with Gasteiger partial charge in [-0.3, -0.25) is 4.79 Å². The zero-order chi connectivity index (χ0) is 12.4. The highest BCUT2D eigenvalue weighted by molar-refractivity contribution is 9.10. The molecule has 2 rings (SSSR count). The zero-order valence-electron chi connectivity index (χ0n) is 9.01. The summed E-state index contributed by atoms with van der Waals surface area (Å²) in [4.78, 5) is 12.0. The summed E-state index contributed by atoms with van der Waals surface area (Å²) in [5, 5.41) is 0. The van der Waals surface area contributed by atoms with Crippen molar-refractivity contribution in [2.75, 3.05) is 6.61 Å². The predicted octanol–water partition coefficient (Wildman–Crippen LogP) is 3.48. The molecule has 5 heteroatoms. The first-order valence-corrected chi connectivity index (χ1v) is 6.20. The monoisotopic (exact) mass is 304 g/mol. The maximum absolute atomic E-state index is 13.7. The van der Waals surface area contributed by atoms with Crippen molar-refractivity contribution >= 4 is 21.7 Å². The summed E-state index contributed by atoms with van der Waals surface area (Å²) in [5.41, 5.74) is -0.508.